The minimum absolute atomic E-state index is 0.0705. The highest BCUT2D eigenvalue weighted by Gasteiger charge is 2.33. The smallest absolute Gasteiger partial charge is 0.225 e. The molecule has 0 amide bonds. The maximum absolute atomic E-state index is 13.5. The van der Waals surface area contributed by atoms with E-state index in [4.69, 9.17) is 0 Å². The number of benzene rings is 2. The molecule has 0 aliphatic carbocycles. The quantitative estimate of drug-likeness (QED) is 0.346. The second-order valence-corrected chi connectivity index (χ2v) is 9.25. The van der Waals surface area contributed by atoms with E-state index in [0.717, 1.165) is 38.3 Å². The zero-order valence-corrected chi connectivity index (χ0v) is 16.6. The first kappa shape index (κ1) is 16.6. The molecule has 5 aromatic rings. The van der Waals surface area contributed by atoms with E-state index >= 15 is 0 Å². The largest absolute Gasteiger partial charge is 0.258 e. The maximum atomic E-state index is 13.5. The van der Waals surface area contributed by atoms with Crippen molar-refractivity contribution in [1.29, 1.82) is 0 Å². The molecule has 0 fully saturated rings. The molecule has 0 saturated heterocycles. The Morgan fingerprint density at radius 1 is 0.793 bits per heavy atom. The van der Waals surface area contributed by atoms with Crippen LogP contribution >= 0.6 is 0 Å². The first-order chi connectivity index (χ1) is 14.0. The normalized spacial score (nSPS) is 14.4. The first-order valence-corrected chi connectivity index (χ1v) is 10.8. The third kappa shape index (κ3) is 2.04. The predicted molar refractivity (Wildman–Crippen MR) is 113 cm³/mol. The van der Waals surface area contributed by atoms with Crippen molar-refractivity contribution >= 4 is 42.2 Å². The van der Waals surface area contributed by atoms with Crippen LogP contribution in [0.3, 0.4) is 0 Å². The van der Waals surface area contributed by atoms with Crippen LogP contribution in [0, 0.1) is 13.8 Å². The summed E-state index contributed by atoms with van der Waals surface area (Å²) >= 11 is 0. The maximum Gasteiger partial charge on any atom is 0.225 e. The summed E-state index contributed by atoms with van der Waals surface area (Å²) in [5, 5.41) is 5.56. The number of hydrogen-bond donors (Lipinski definition) is 0. The lowest BCUT2D eigenvalue weighted by Crippen LogP contribution is -2.12. The van der Waals surface area contributed by atoms with Crippen molar-refractivity contribution < 1.29 is 8.42 Å². The highest BCUT2D eigenvalue weighted by atomic mass is 32.2. The van der Waals surface area contributed by atoms with Gasteiger partial charge in [-0.2, -0.15) is 0 Å². The molecule has 140 valence electrons. The number of hydrogen-bond acceptors (Lipinski definition) is 5. The molecule has 0 spiro atoms. The summed E-state index contributed by atoms with van der Waals surface area (Å²) in [7, 11) is -3.75. The van der Waals surface area contributed by atoms with Crippen LogP contribution in [0.2, 0.25) is 0 Å². The summed E-state index contributed by atoms with van der Waals surface area (Å²) in [4.78, 5) is 13.5. The number of sulfone groups is 1. The van der Waals surface area contributed by atoms with E-state index in [1.807, 2.05) is 26.0 Å². The Labute approximate surface area is 167 Å². The fraction of sp³-hybridized carbons (Fsp3) is 0.0870. The molecule has 5 nitrogen and oxygen atoms in total. The van der Waals surface area contributed by atoms with Gasteiger partial charge in [-0.05, 0) is 65.7 Å². The number of rotatable bonds is 0. The van der Waals surface area contributed by atoms with Gasteiger partial charge >= 0.3 is 0 Å². The number of pyridine rings is 3. The Bertz CT molecular complexity index is 1640. The second kappa shape index (κ2) is 5.36. The molecule has 0 atom stereocenters. The molecule has 6 rings (SSSR count). The minimum Gasteiger partial charge on any atom is -0.258 e. The van der Waals surface area contributed by atoms with Gasteiger partial charge in [-0.15, -0.1) is 0 Å². The fourth-order valence-corrected chi connectivity index (χ4v) is 6.12. The third-order valence-corrected chi connectivity index (χ3v) is 7.44. The fourth-order valence-electron chi connectivity index (χ4n) is 4.51. The van der Waals surface area contributed by atoms with Crippen LogP contribution in [-0.2, 0) is 9.84 Å². The van der Waals surface area contributed by atoms with Crippen molar-refractivity contribution in [3.63, 3.8) is 0 Å². The average Bonchev–Trinajstić information content (AvgIpc) is 2.71. The molecule has 0 bridgehead atoms. The Morgan fingerprint density at radius 3 is 2.45 bits per heavy atom. The van der Waals surface area contributed by atoms with Crippen molar-refractivity contribution in [1.82, 2.24) is 15.0 Å². The monoisotopic (exact) mass is 397 g/mol. The van der Waals surface area contributed by atoms with Gasteiger partial charge in [-0.25, -0.2) is 13.4 Å². The second-order valence-electron chi connectivity index (χ2n) is 7.42. The summed E-state index contributed by atoms with van der Waals surface area (Å²) in [6.45, 7) is 3.93. The van der Waals surface area contributed by atoms with Crippen LogP contribution in [-0.4, -0.2) is 23.4 Å². The van der Waals surface area contributed by atoms with E-state index in [1.54, 1.807) is 24.4 Å². The average molecular weight is 397 g/mol. The summed E-state index contributed by atoms with van der Waals surface area (Å²) in [6, 6.07) is 13.3. The molecular weight excluding hydrogens is 382 g/mol. The standard InChI is InChI=1S/C23H15N3O2S/c1-12-10-18-14(13(2)26-12)5-6-15-16-7-9-24-22-17-4-3-8-25-23(17)29(27,28)20(21(16)22)11-19(15)18/h3-11H,1-2H3. The molecule has 3 aromatic heterocycles. The molecule has 0 saturated carbocycles. The van der Waals surface area contributed by atoms with Gasteiger partial charge in [0.05, 0.1) is 10.6 Å². The van der Waals surface area contributed by atoms with Crippen LogP contribution in [0.25, 0.3) is 43.6 Å². The van der Waals surface area contributed by atoms with Crippen LogP contribution < -0.4 is 0 Å². The van der Waals surface area contributed by atoms with E-state index in [0.29, 0.717) is 16.6 Å². The van der Waals surface area contributed by atoms with Crippen molar-refractivity contribution in [3.8, 4) is 11.3 Å². The molecule has 6 heteroatoms. The molecule has 0 radical (unpaired) electrons. The Hall–Kier alpha value is -3.38. The SMILES string of the molecule is Cc1cc2c(ccc3c4ccnc5c4c(cc23)S(=O)(=O)c2ncccc2-5)c(C)n1. The van der Waals surface area contributed by atoms with Crippen molar-refractivity contribution in [3.05, 3.63) is 66.2 Å². The van der Waals surface area contributed by atoms with Crippen LogP contribution in [0.4, 0.5) is 0 Å². The molecule has 0 N–H and O–H groups in total. The van der Waals surface area contributed by atoms with E-state index in [1.165, 1.54) is 6.20 Å². The molecule has 1 aliphatic rings. The summed E-state index contributed by atoms with van der Waals surface area (Å²) in [6.07, 6.45) is 3.25. The molecule has 2 aromatic carbocycles. The predicted octanol–water partition coefficient (Wildman–Crippen LogP) is 4.76. The van der Waals surface area contributed by atoms with Gasteiger partial charge in [-0.1, -0.05) is 12.1 Å². The Kier molecular flexibility index (Phi) is 3.06. The lowest BCUT2D eigenvalue weighted by Gasteiger charge is -2.21. The highest BCUT2D eigenvalue weighted by molar-refractivity contribution is 7.91. The van der Waals surface area contributed by atoms with Gasteiger partial charge in [0, 0.05) is 40.1 Å². The Balaban J connectivity index is 1.93. The van der Waals surface area contributed by atoms with E-state index < -0.39 is 9.84 Å². The lowest BCUT2D eigenvalue weighted by atomic mass is 9.95. The molecule has 4 heterocycles. The van der Waals surface area contributed by atoms with Crippen molar-refractivity contribution in [2.24, 2.45) is 0 Å². The van der Waals surface area contributed by atoms with Gasteiger partial charge < -0.3 is 0 Å². The molecule has 29 heavy (non-hydrogen) atoms. The first-order valence-electron chi connectivity index (χ1n) is 9.30. The molecular formula is C23H15N3O2S. The molecule has 0 unspecified atom stereocenters. The van der Waals surface area contributed by atoms with E-state index in [2.05, 4.69) is 27.1 Å². The van der Waals surface area contributed by atoms with Crippen LogP contribution in [0.1, 0.15) is 11.4 Å². The zero-order chi connectivity index (χ0) is 19.9. The summed E-state index contributed by atoms with van der Waals surface area (Å²) in [5.74, 6) is 0. The minimum atomic E-state index is -3.75. The van der Waals surface area contributed by atoms with Crippen molar-refractivity contribution in [2.75, 3.05) is 0 Å². The summed E-state index contributed by atoms with van der Waals surface area (Å²) in [5.41, 5.74) is 3.06. The van der Waals surface area contributed by atoms with Crippen LogP contribution in [0.15, 0.2) is 64.8 Å². The van der Waals surface area contributed by atoms with Crippen molar-refractivity contribution in [2.45, 2.75) is 23.8 Å². The number of fused-ring (bicyclic) bond motifs is 6. The van der Waals surface area contributed by atoms with Gasteiger partial charge in [0.25, 0.3) is 0 Å². The van der Waals surface area contributed by atoms with Gasteiger partial charge in [-0.3, -0.25) is 9.97 Å². The van der Waals surface area contributed by atoms with Gasteiger partial charge in [0.15, 0.2) is 5.03 Å². The number of nitrogens with zero attached hydrogens (tertiary/aromatic N) is 3. The third-order valence-electron chi connectivity index (χ3n) is 5.71. The van der Waals surface area contributed by atoms with E-state index in [9.17, 15) is 8.42 Å². The summed E-state index contributed by atoms with van der Waals surface area (Å²) < 4.78 is 27.0. The lowest BCUT2D eigenvalue weighted by molar-refractivity contribution is 0.593. The number of aryl methyl sites for hydroxylation is 2. The van der Waals surface area contributed by atoms with E-state index in [-0.39, 0.29) is 9.92 Å². The zero-order valence-electron chi connectivity index (χ0n) is 15.8. The highest BCUT2D eigenvalue weighted by Crippen LogP contribution is 2.45. The van der Waals surface area contributed by atoms with Gasteiger partial charge in [0.2, 0.25) is 9.84 Å². The van der Waals surface area contributed by atoms with Gasteiger partial charge in [0.1, 0.15) is 0 Å². The molecule has 1 aliphatic heterocycles. The van der Waals surface area contributed by atoms with Crippen LogP contribution in [0.5, 0.6) is 0 Å². The number of aromatic nitrogens is 3. The Morgan fingerprint density at radius 2 is 1.59 bits per heavy atom. The topological polar surface area (TPSA) is 72.8 Å².